The van der Waals surface area contributed by atoms with E-state index in [0.717, 1.165) is 20.0 Å². The predicted octanol–water partition coefficient (Wildman–Crippen LogP) is 3.74. The molecule has 2 aromatic rings. The van der Waals surface area contributed by atoms with Gasteiger partial charge in [0.05, 0.1) is 5.52 Å². The zero-order chi connectivity index (χ0) is 8.72. The fourth-order valence-electron chi connectivity index (χ4n) is 1.01. The fraction of sp³-hybridized carbons (Fsp3) is 0. The van der Waals surface area contributed by atoms with Gasteiger partial charge in [0, 0.05) is 8.95 Å². The third-order valence-corrected chi connectivity index (χ3v) is 2.72. The third kappa shape index (κ3) is 1.39. The van der Waals surface area contributed by atoms with Gasteiger partial charge in [0.2, 0.25) is 5.28 Å². The average Bonchev–Trinajstić information content (AvgIpc) is 2.29. The molecular weight excluding hydrogens is 307 g/mol. The number of aromatic nitrogens is 2. The number of halogens is 3. The molecule has 0 aliphatic carbocycles. The van der Waals surface area contributed by atoms with E-state index in [1.54, 1.807) is 0 Å². The third-order valence-electron chi connectivity index (χ3n) is 1.48. The Labute approximate surface area is 90.6 Å². The summed E-state index contributed by atoms with van der Waals surface area (Å²) in [7, 11) is 0. The van der Waals surface area contributed by atoms with Crippen LogP contribution < -0.4 is 0 Å². The Balaban J connectivity index is 2.88. The van der Waals surface area contributed by atoms with Gasteiger partial charge in [0.1, 0.15) is 5.52 Å². The molecule has 1 aromatic carbocycles. The molecule has 1 N–H and O–H groups in total. The lowest BCUT2D eigenvalue weighted by molar-refractivity contribution is 1.34. The van der Waals surface area contributed by atoms with E-state index in [9.17, 15) is 0 Å². The summed E-state index contributed by atoms with van der Waals surface area (Å²) in [5.74, 6) is 0. The molecule has 0 bridgehead atoms. The van der Waals surface area contributed by atoms with Crippen molar-refractivity contribution in [3.63, 3.8) is 0 Å². The minimum Gasteiger partial charge on any atom is -0.329 e. The van der Waals surface area contributed by atoms with Crippen LogP contribution in [0.4, 0.5) is 0 Å². The Morgan fingerprint density at radius 2 is 2.08 bits per heavy atom. The van der Waals surface area contributed by atoms with Gasteiger partial charge in [-0.15, -0.1) is 0 Å². The first kappa shape index (κ1) is 8.53. The summed E-state index contributed by atoms with van der Waals surface area (Å²) in [4.78, 5) is 7.03. The van der Waals surface area contributed by atoms with Crippen LogP contribution in [0, 0.1) is 0 Å². The van der Waals surface area contributed by atoms with Crippen molar-refractivity contribution in [1.82, 2.24) is 9.97 Å². The molecule has 0 saturated heterocycles. The summed E-state index contributed by atoms with van der Waals surface area (Å²) >= 11 is 12.5. The molecular formula is C7H3Br2ClN2. The summed E-state index contributed by atoms with van der Waals surface area (Å²) in [6.45, 7) is 0. The van der Waals surface area contributed by atoms with E-state index in [0.29, 0.717) is 5.28 Å². The van der Waals surface area contributed by atoms with Gasteiger partial charge in [0.15, 0.2) is 0 Å². The van der Waals surface area contributed by atoms with Crippen molar-refractivity contribution in [2.75, 3.05) is 0 Å². The number of imidazole rings is 1. The highest BCUT2D eigenvalue weighted by Gasteiger charge is 2.05. The van der Waals surface area contributed by atoms with E-state index in [1.807, 2.05) is 12.1 Å². The van der Waals surface area contributed by atoms with Crippen molar-refractivity contribution >= 4 is 54.5 Å². The Morgan fingerprint density at radius 3 is 2.83 bits per heavy atom. The standard InChI is InChI=1S/C7H3Br2ClN2/c8-3-1-4(9)6-5(2-3)11-7(10)12-6/h1-2H,(H,11,12). The molecule has 0 aliphatic rings. The lowest BCUT2D eigenvalue weighted by Crippen LogP contribution is -1.72. The number of nitrogens with zero attached hydrogens (tertiary/aromatic N) is 1. The molecule has 0 fully saturated rings. The van der Waals surface area contributed by atoms with Gasteiger partial charge in [-0.2, -0.15) is 0 Å². The van der Waals surface area contributed by atoms with E-state index in [-0.39, 0.29) is 0 Å². The Kier molecular flexibility index (Phi) is 2.14. The minimum absolute atomic E-state index is 0.406. The SMILES string of the molecule is Clc1nc2c(Br)cc(Br)cc2[nH]1. The lowest BCUT2D eigenvalue weighted by atomic mass is 10.3. The largest absolute Gasteiger partial charge is 0.329 e. The van der Waals surface area contributed by atoms with Gasteiger partial charge in [-0.05, 0) is 39.7 Å². The zero-order valence-electron chi connectivity index (χ0n) is 5.74. The topological polar surface area (TPSA) is 28.7 Å². The Hall–Kier alpha value is -0.0600. The van der Waals surface area contributed by atoms with Crippen molar-refractivity contribution in [2.24, 2.45) is 0 Å². The molecule has 5 heteroatoms. The first-order valence-electron chi connectivity index (χ1n) is 3.17. The number of H-pyrrole nitrogens is 1. The molecule has 12 heavy (non-hydrogen) atoms. The molecule has 0 saturated carbocycles. The van der Waals surface area contributed by atoms with Crippen LogP contribution in [0.25, 0.3) is 11.0 Å². The van der Waals surface area contributed by atoms with Crippen LogP contribution >= 0.6 is 43.5 Å². The van der Waals surface area contributed by atoms with Gasteiger partial charge in [0.25, 0.3) is 0 Å². The zero-order valence-corrected chi connectivity index (χ0v) is 9.66. The van der Waals surface area contributed by atoms with Crippen molar-refractivity contribution in [3.8, 4) is 0 Å². The molecule has 2 nitrogen and oxygen atoms in total. The van der Waals surface area contributed by atoms with Gasteiger partial charge < -0.3 is 4.98 Å². The quantitative estimate of drug-likeness (QED) is 0.789. The summed E-state index contributed by atoms with van der Waals surface area (Å²) in [5, 5.41) is 0.406. The number of aromatic amines is 1. The number of hydrogen-bond acceptors (Lipinski definition) is 1. The second-order valence-electron chi connectivity index (χ2n) is 2.31. The maximum atomic E-state index is 5.70. The molecule has 62 valence electrons. The molecule has 0 unspecified atom stereocenters. The van der Waals surface area contributed by atoms with Crippen molar-refractivity contribution in [3.05, 3.63) is 26.4 Å². The van der Waals surface area contributed by atoms with Crippen LogP contribution in [0.15, 0.2) is 21.1 Å². The molecule has 0 aliphatic heterocycles. The van der Waals surface area contributed by atoms with Crippen LogP contribution in [0.5, 0.6) is 0 Å². The summed E-state index contributed by atoms with van der Waals surface area (Å²) in [6, 6.07) is 3.86. The predicted molar refractivity (Wildman–Crippen MR) is 56.5 cm³/mol. The van der Waals surface area contributed by atoms with Crippen LogP contribution in [0.2, 0.25) is 5.28 Å². The van der Waals surface area contributed by atoms with E-state index in [2.05, 4.69) is 41.8 Å². The number of benzene rings is 1. The highest BCUT2D eigenvalue weighted by atomic mass is 79.9. The lowest BCUT2D eigenvalue weighted by Gasteiger charge is -1.93. The van der Waals surface area contributed by atoms with Crippen LogP contribution in [-0.2, 0) is 0 Å². The number of hydrogen-bond donors (Lipinski definition) is 1. The molecule has 0 radical (unpaired) electrons. The van der Waals surface area contributed by atoms with Crippen LogP contribution in [0.1, 0.15) is 0 Å². The second-order valence-corrected chi connectivity index (χ2v) is 4.44. The van der Waals surface area contributed by atoms with E-state index >= 15 is 0 Å². The first-order valence-corrected chi connectivity index (χ1v) is 5.13. The van der Waals surface area contributed by atoms with Crippen LogP contribution in [0.3, 0.4) is 0 Å². The molecule has 0 amide bonds. The second kappa shape index (κ2) is 3.01. The summed E-state index contributed by atoms with van der Waals surface area (Å²) in [5.41, 5.74) is 1.77. The van der Waals surface area contributed by atoms with Gasteiger partial charge >= 0.3 is 0 Å². The minimum atomic E-state index is 0.406. The molecule has 1 heterocycles. The van der Waals surface area contributed by atoms with E-state index in [4.69, 9.17) is 11.6 Å². The average molecular weight is 310 g/mol. The Bertz CT molecular complexity index is 438. The fourth-order valence-corrected chi connectivity index (χ4v) is 2.51. The van der Waals surface area contributed by atoms with Crippen LogP contribution in [-0.4, -0.2) is 9.97 Å². The maximum absolute atomic E-state index is 5.70. The molecule has 2 rings (SSSR count). The number of fused-ring (bicyclic) bond motifs is 1. The normalized spacial score (nSPS) is 10.9. The molecule has 0 spiro atoms. The smallest absolute Gasteiger partial charge is 0.201 e. The van der Waals surface area contributed by atoms with Crippen molar-refractivity contribution < 1.29 is 0 Å². The monoisotopic (exact) mass is 308 g/mol. The Morgan fingerprint density at radius 1 is 1.33 bits per heavy atom. The van der Waals surface area contributed by atoms with Crippen molar-refractivity contribution in [1.29, 1.82) is 0 Å². The van der Waals surface area contributed by atoms with E-state index < -0.39 is 0 Å². The molecule has 0 atom stereocenters. The highest BCUT2D eigenvalue weighted by molar-refractivity contribution is 9.11. The number of nitrogens with one attached hydrogen (secondary N) is 1. The van der Waals surface area contributed by atoms with Crippen molar-refractivity contribution in [2.45, 2.75) is 0 Å². The van der Waals surface area contributed by atoms with Gasteiger partial charge in [-0.1, -0.05) is 15.9 Å². The summed E-state index contributed by atoms with van der Waals surface area (Å²) in [6.07, 6.45) is 0. The number of rotatable bonds is 0. The first-order chi connectivity index (χ1) is 5.66. The van der Waals surface area contributed by atoms with Gasteiger partial charge in [-0.25, -0.2) is 4.98 Å². The maximum Gasteiger partial charge on any atom is 0.201 e. The summed E-state index contributed by atoms with van der Waals surface area (Å²) < 4.78 is 1.91. The van der Waals surface area contributed by atoms with E-state index in [1.165, 1.54) is 0 Å². The molecule has 1 aromatic heterocycles. The van der Waals surface area contributed by atoms with Gasteiger partial charge in [-0.3, -0.25) is 0 Å². The highest BCUT2D eigenvalue weighted by Crippen LogP contribution is 2.27.